The molecule has 0 unspecified atom stereocenters. The minimum Gasteiger partial charge on any atom is -0.468 e. The van der Waals surface area contributed by atoms with Crippen molar-refractivity contribution >= 4 is 5.91 Å². The number of hydrogen-bond acceptors (Lipinski definition) is 6. The van der Waals surface area contributed by atoms with Crippen LogP contribution in [-0.4, -0.2) is 23.0 Å². The zero-order chi connectivity index (χ0) is 13.0. The van der Waals surface area contributed by atoms with Gasteiger partial charge in [-0.2, -0.15) is 0 Å². The van der Waals surface area contributed by atoms with Gasteiger partial charge in [-0.25, -0.2) is 5.84 Å². The molecule has 3 N–H and O–H groups in total. The highest BCUT2D eigenvalue weighted by Gasteiger charge is 2.13. The van der Waals surface area contributed by atoms with Gasteiger partial charge < -0.3 is 8.94 Å². The van der Waals surface area contributed by atoms with Gasteiger partial charge in [0.05, 0.1) is 19.4 Å². The van der Waals surface area contributed by atoms with Crippen molar-refractivity contribution in [2.75, 3.05) is 7.05 Å². The van der Waals surface area contributed by atoms with E-state index < -0.39 is 5.91 Å². The van der Waals surface area contributed by atoms with Gasteiger partial charge in [0.15, 0.2) is 11.5 Å². The number of nitrogens with zero attached hydrogens (tertiary/aromatic N) is 2. The molecule has 1 amide bonds. The average Bonchev–Trinajstić information content (AvgIpc) is 2.99. The zero-order valence-corrected chi connectivity index (χ0v) is 9.92. The summed E-state index contributed by atoms with van der Waals surface area (Å²) >= 11 is 0. The van der Waals surface area contributed by atoms with Crippen LogP contribution in [0.15, 0.2) is 33.4 Å². The van der Waals surface area contributed by atoms with Gasteiger partial charge in [-0.1, -0.05) is 5.16 Å². The fourth-order valence-corrected chi connectivity index (χ4v) is 1.56. The lowest BCUT2D eigenvalue weighted by Crippen LogP contribution is -2.30. The van der Waals surface area contributed by atoms with Gasteiger partial charge in [-0.05, 0) is 19.2 Å². The van der Waals surface area contributed by atoms with E-state index in [1.54, 1.807) is 12.3 Å². The number of carbonyl (C=O) groups excluding carboxylic acids is 1. The first-order chi connectivity index (χ1) is 8.69. The lowest BCUT2D eigenvalue weighted by Gasteiger charge is -2.12. The molecule has 0 bridgehead atoms. The highest BCUT2D eigenvalue weighted by atomic mass is 16.5. The third kappa shape index (κ3) is 2.96. The second-order valence-electron chi connectivity index (χ2n) is 3.90. The van der Waals surface area contributed by atoms with E-state index in [1.807, 2.05) is 29.5 Å². The van der Waals surface area contributed by atoms with Gasteiger partial charge >= 0.3 is 0 Å². The van der Waals surface area contributed by atoms with E-state index in [9.17, 15) is 4.79 Å². The van der Waals surface area contributed by atoms with Crippen LogP contribution in [0.1, 0.15) is 22.0 Å². The topological polar surface area (TPSA) is 97.5 Å². The molecule has 0 aliphatic carbocycles. The Morgan fingerprint density at radius 3 is 2.94 bits per heavy atom. The summed E-state index contributed by atoms with van der Waals surface area (Å²) in [6, 6.07) is 5.28. The highest BCUT2D eigenvalue weighted by molar-refractivity contribution is 5.91. The molecular weight excluding hydrogens is 236 g/mol. The summed E-state index contributed by atoms with van der Waals surface area (Å²) in [7, 11) is 1.91. The van der Waals surface area contributed by atoms with Gasteiger partial charge in [0.1, 0.15) is 5.76 Å². The van der Waals surface area contributed by atoms with Crippen molar-refractivity contribution in [3.05, 3.63) is 41.7 Å². The van der Waals surface area contributed by atoms with Crippen molar-refractivity contribution in [3.8, 4) is 0 Å². The monoisotopic (exact) mass is 250 g/mol. The van der Waals surface area contributed by atoms with Crippen LogP contribution in [0.2, 0.25) is 0 Å². The van der Waals surface area contributed by atoms with Crippen molar-refractivity contribution in [1.29, 1.82) is 0 Å². The molecule has 0 radical (unpaired) electrons. The minimum atomic E-state index is -0.473. The summed E-state index contributed by atoms with van der Waals surface area (Å²) in [6.07, 6.45) is 1.63. The molecule has 0 spiro atoms. The van der Waals surface area contributed by atoms with Crippen LogP contribution < -0.4 is 11.3 Å². The van der Waals surface area contributed by atoms with E-state index >= 15 is 0 Å². The van der Waals surface area contributed by atoms with E-state index in [4.69, 9.17) is 14.8 Å². The fourth-order valence-electron chi connectivity index (χ4n) is 1.56. The van der Waals surface area contributed by atoms with Gasteiger partial charge in [0, 0.05) is 6.07 Å². The average molecular weight is 250 g/mol. The number of hydrazine groups is 1. The molecule has 18 heavy (non-hydrogen) atoms. The smallest absolute Gasteiger partial charge is 0.287 e. The molecule has 0 aliphatic rings. The van der Waals surface area contributed by atoms with Crippen LogP contribution in [0.3, 0.4) is 0 Å². The van der Waals surface area contributed by atoms with E-state index in [2.05, 4.69) is 5.16 Å². The van der Waals surface area contributed by atoms with Gasteiger partial charge in [0.25, 0.3) is 5.91 Å². The van der Waals surface area contributed by atoms with E-state index in [0.717, 1.165) is 5.76 Å². The summed E-state index contributed by atoms with van der Waals surface area (Å²) in [5.74, 6) is 5.97. The van der Waals surface area contributed by atoms with Gasteiger partial charge in [0.2, 0.25) is 0 Å². The highest BCUT2D eigenvalue weighted by Crippen LogP contribution is 2.09. The molecule has 0 atom stereocenters. The first kappa shape index (κ1) is 12.3. The van der Waals surface area contributed by atoms with Crippen LogP contribution in [0.25, 0.3) is 0 Å². The second kappa shape index (κ2) is 5.48. The standard InChI is InChI=1S/C11H14N4O3/c1-15(6-8-3-2-4-17-8)7-9-5-10(14-18-9)11(16)13-12/h2-5H,6-7,12H2,1H3,(H,13,16). The first-order valence-electron chi connectivity index (χ1n) is 5.36. The lowest BCUT2D eigenvalue weighted by molar-refractivity contribution is 0.0944. The molecule has 2 aromatic rings. The van der Waals surface area contributed by atoms with Crippen LogP contribution >= 0.6 is 0 Å². The molecular formula is C11H14N4O3. The summed E-state index contributed by atoms with van der Waals surface area (Å²) in [6.45, 7) is 1.16. The molecule has 7 nitrogen and oxygen atoms in total. The lowest BCUT2D eigenvalue weighted by atomic mass is 10.3. The molecule has 2 aromatic heterocycles. The summed E-state index contributed by atoms with van der Waals surface area (Å²) < 4.78 is 10.3. The number of hydrogen-bond donors (Lipinski definition) is 2. The Kier molecular flexibility index (Phi) is 3.75. The summed E-state index contributed by atoms with van der Waals surface area (Å²) in [4.78, 5) is 13.2. The maximum absolute atomic E-state index is 11.2. The summed E-state index contributed by atoms with van der Waals surface area (Å²) in [5, 5.41) is 3.62. The Morgan fingerprint density at radius 2 is 2.28 bits per heavy atom. The van der Waals surface area contributed by atoms with Crippen molar-refractivity contribution in [1.82, 2.24) is 15.5 Å². The Balaban J connectivity index is 1.92. The number of rotatable bonds is 5. The van der Waals surface area contributed by atoms with Crippen LogP contribution in [0.5, 0.6) is 0 Å². The number of amides is 1. The normalized spacial score (nSPS) is 10.8. The Labute approximate surface area is 103 Å². The number of furan rings is 1. The number of nitrogens with one attached hydrogen (secondary N) is 1. The third-order valence-electron chi connectivity index (χ3n) is 2.35. The predicted octanol–water partition coefficient (Wildman–Crippen LogP) is 0.503. The first-order valence-corrected chi connectivity index (χ1v) is 5.36. The molecule has 0 fully saturated rings. The van der Waals surface area contributed by atoms with Crippen molar-refractivity contribution in [2.24, 2.45) is 5.84 Å². The molecule has 0 aliphatic heterocycles. The molecule has 96 valence electrons. The van der Waals surface area contributed by atoms with Crippen molar-refractivity contribution < 1.29 is 13.7 Å². The van der Waals surface area contributed by atoms with Crippen LogP contribution in [0.4, 0.5) is 0 Å². The third-order valence-corrected chi connectivity index (χ3v) is 2.35. The quantitative estimate of drug-likeness (QED) is 0.455. The molecule has 0 saturated heterocycles. The second-order valence-corrected chi connectivity index (χ2v) is 3.90. The van der Waals surface area contributed by atoms with Crippen LogP contribution in [0, 0.1) is 0 Å². The van der Waals surface area contributed by atoms with Crippen molar-refractivity contribution in [3.63, 3.8) is 0 Å². The SMILES string of the molecule is CN(Cc1ccco1)Cc1cc(C(=O)NN)no1. The Bertz CT molecular complexity index is 506. The van der Waals surface area contributed by atoms with Gasteiger partial charge in [-0.15, -0.1) is 0 Å². The maximum Gasteiger partial charge on any atom is 0.287 e. The molecule has 7 heteroatoms. The Morgan fingerprint density at radius 1 is 1.50 bits per heavy atom. The van der Waals surface area contributed by atoms with Crippen LogP contribution in [-0.2, 0) is 13.1 Å². The largest absolute Gasteiger partial charge is 0.468 e. The van der Waals surface area contributed by atoms with E-state index in [-0.39, 0.29) is 5.69 Å². The van der Waals surface area contributed by atoms with Crippen molar-refractivity contribution in [2.45, 2.75) is 13.1 Å². The number of aromatic nitrogens is 1. The number of nitrogen functional groups attached to an aromatic ring is 1. The summed E-state index contributed by atoms with van der Waals surface area (Å²) in [5.41, 5.74) is 2.16. The van der Waals surface area contributed by atoms with Gasteiger partial charge in [-0.3, -0.25) is 15.1 Å². The van der Waals surface area contributed by atoms with E-state index in [0.29, 0.717) is 18.8 Å². The maximum atomic E-state index is 11.2. The molecule has 2 heterocycles. The fraction of sp³-hybridized carbons (Fsp3) is 0.273. The predicted molar refractivity (Wildman–Crippen MR) is 62.0 cm³/mol. The minimum absolute atomic E-state index is 0.166. The Hall–Kier alpha value is -2.12. The molecule has 2 rings (SSSR count). The van der Waals surface area contributed by atoms with E-state index in [1.165, 1.54) is 0 Å². The molecule has 0 aromatic carbocycles. The number of nitrogens with two attached hydrogens (primary N) is 1. The number of carbonyl (C=O) groups is 1. The zero-order valence-electron chi connectivity index (χ0n) is 9.92. The molecule has 0 saturated carbocycles.